The lowest BCUT2D eigenvalue weighted by Gasteiger charge is -2.07. The van der Waals surface area contributed by atoms with Gasteiger partial charge in [-0.25, -0.2) is 4.68 Å². The molecule has 0 fully saturated rings. The van der Waals surface area contributed by atoms with E-state index in [1.54, 1.807) is 16.4 Å². The zero-order valence-electron chi connectivity index (χ0n) is 15.1. The minimum absolute atomic E-state index is 0.194. The molecular weight excluding hydrogens is 382 g/mol. The van der Waals surface area contributed by atoms with E-state index < -0.39 is 0 Å². The van der Waals surface area contributed by atoms with E-state index >= 15 is 0 Å². The molecule has 0 aliphatic heterocycles. The van der Waals surface area contributed by atoms with Crippen molar-refractivity contribution in [2.24, 2.45) is 7.05 Å². The number of carbonyl (C=O) groups is 1. The first-order valence-corrected chi connectivity index (χ1v) is 9.86. The molecule has 3 rings (SSSR count). The van der Waals surface area contributed by atoms with Crippen molar-refractivity contribution in [2.45, 2.75) is 18.2 Å². The van der Waals surface area contributed by atoms with E-state index in [1.165, 1.54) is 11.8 Å². The predicted molar refractivity (Wildman–Crippen MR) is 111 cm³/mol. The fourth-order valence-electron chi connectivity index (χ4n) is 2.73. The van der Waals surface area contributed by atoms with Crippen molar-refractivity contribution in [1.29, 1.82) is 0 Å². The number of aromatic nitrogens is 2. The Kier molecular flexibility index (Phi) is 6.08. The van der Waals surface area contributed by atoms with Gasteiger partial charge in [0.05, 0.1) is 16.4 Å². The number of hydrogen-bond donors (Lipinski definition) is 1. The maximum atomic E-state index is 12.8. The van der Waals surface area contributed by atoms with Gasteiger partial charge in [-0.3, -0.25) is 14.3 Å². The molecule has 0 unspecified atom stereocenters. The van der Waals surface area contributed by atoms with Crippen LogP contribution in [0.1, 0.15) is 12.1 Å². The fourth-order valence-corrected chi connectivity index (χ4v) is 3.92. The van der Waals surface area contributed by atoms with Crippen LogP contribution in [0.5, 0.6) is 0 Å². The van der Waals surface area contributed by atoms with Crippen molar-refractivity contribution in [3.63, 3.8) is 0 Å². The maximum absolute atomic E-state index is 12.8. The molecule has 0 saturated heterocycles. The minimum atomic E-state index is -0.242. The summed E-state index contributed by atoms with van der Waals surface area (Å²) >= 11 is 7.64. The van der Waals surface area contributed by atoms with Crippen molar-refractivity contribution in [3.05, 3.63) is 75.7 Å². The van der Waals surface area contributed by atoms with Crippen molar-refractivity contribution in [1.82, 2.24) is 9.36 Å². The van der Waals surface area contributed by atoms with Gasteiger partial charge in [-0.2, -0.15) is 0 Å². The molecule has 0 radical (unpaired) electrons. The van der Waals surface area contributed by atoms with Gasteiger partial charge in [0.1, 0.15) is 5.69 Å². The average Bonchev–Trinajstić information content (AvgIpc) is 2.87. The molecule has 0 saturated carbocycles. The normalized spacial score (nSPS) is 10.8. The number of carbonyl (C=O) groups excluding carboxylic acids is 1. The number of hydrogen-bond acceptors (Lipinski definition) is 3. The third-order valence-electron chi connectivity index (χ3n) is 4.24. The number of halogens is 1. The Balaban J connectivity index is 1.70. The van der Waals surface area contributed by atoms with E-state index in [0.29, 0.717) is 22.2 Å². The van der Waals surface area contributed by atoms with E-state index in [0.717, 1.165) is 10.6 Å². The molecule has 140 valence electrons. The fraction of sp³-hybridized carbons (Fsp3) is 0.200. The van der Waals surface area contributed by atoms with E-state index in [2.05, 4.69) is 5.32 Å². The van der Waals surface area contributed by atoms with Gasteiger partial charge in [0, 0.05) is 24.1 Å². The van der Waals surface area contributed by atoms with Crippen LogP contribution in [-0.4, -0.2) is 21.0 Å². The van der Waals surface area contributed by atoms with Gasteiger partial charge in [-0.1, -0.05) is 41.9 Å². The Hall–Kier alpha value is -2.44. The molecular formula is C20H20ClN3O2S. The van der Waals surface area contributed by atoms with Crippen LogP contribution in [0.3, 0.4) is 0 Å². The third kappa shape index (κ3) is 4.28. The largest absolute Gasteiger partial charge is 0.320 e. The summed E-state index contributed by atoms with van der Waals surface area (Å²) in [5.74, 6) is 0.384. The van der Waals surface area contributed by atoms with Crippen LogP contribution in [0.4, 0.5) is 5.69 Å². The highest BCUT2D eigenvalue weighted by Gasteiger charge is 2.18. The Bertz CT molecular complexity index is 1010. The first-order valence-electron chi connectivity index (χ1n) is 8.50. The second kappa shape index (κ2) is 8.50. The van der Waals surface area contributed by atoms with Crippen molar-refractivity contribution in [2.75, 3.05) is 11.1 Å². The van der Waals surface area contributed by atoms with Gasteiger partial charge >= 0.3 is 0 Å². The molecule has 0 atom stereocenters. The van der Waals surface area contributed by atoms with E-state index in [1.807, 2.05) is 61.5 Å². The van der Waals surface area contributed by atoms with Crippen LogP contribution in [0.25, 0.3) is 5.69 Å². The van der Waals surface area contributed by atoms with Crippen LogP contribution in [0.15, 0.2) is 64.3 Å². The molecule has 2 aromatic carbocycles. The van der Waals surface area contributed by atoms with Gasteiger partial charge in [0.25, 0.3) is 5.56 Å². The van der Waals surface area contributed by atoms with Crippen LogP contribution >= 0.6 is 23.4 Å². The number of nitrogens with one attached hydrogen (secondary N) is 1. The summed E-state index contributed by atoms with van der Waals surface area (Å²) < 4.78 is 3.29. The SMILES string of the molecule is Cc1c(NC(=O)CCSc2ccccc2Cl)c(=O)n(-c2ccccc2)n1C. The standard InChI is InChI=1S/C20H20ClN3O2S/c1-14-19(20(26)24(23(14)2)15-8-4-3-5-9-15)22-18(25)12-13-27-17-11-7-6-10-16(17)21/h3-11H,12-13H2,1-2H3,(H,22,25). The number of rotatable bonds is 6. The number of para-hydroxylation sites is 1. The summed E-state index contributed by atoms with van der Waals surface area (Å²) in [6.07, 6.45) is 0.287. The monoisotopic (exact) mass is 401 g/mol. The number of benzene rings is 2. The van der Waals surface area contributed by atoms with Crippen molar-refractivity contribution < 1.29 is 4.79 Å². The lowest BCUT2D eigenvalue weighted by Crippen LogP contribution is -2.23. The topological polar surface area (TPSA) is 56.0 Å². The van der Waals surface area contributed by atoms with E-state index in [4.69, 9.17) is 11.6 Å². The first-order chi connectivity index (χ1) is 13.0. The summed E-state index contributed by atoms with van der Waals surface area (Å²) in [6, 6.07) is 16.9. The Morgan fingerprint density at radius 1 is 1.11 bits per heavy atom. The first kappa shape index (κ1) is 19.3. The molecule has 3 aromatic rings. The van der Waals surface area contributed by atoms with Crippen LogP contribution < -0.4 is 10.9 Å². The Morgan fingerprint density at radius 2 is 1.78 bits per heavy atom. The van der Waals surface area contributed by atoms with Crippen LogP contribution in [-0.2, 0) is 11.8 Å². The zero-order chi connectivity index (χ0) is 19.4. The minimum Gasteiger partial charge on any atom is -0.320 e. The van der Waals surface area contributed by atoms with Gasteiger partial charge in [-0.05, 0) is 31.2 Å². The van der Waals surface area contributed by atoms with Gasteiger partial charge < -0.3 is 5.32 Å². The molecule has 0 bridgehead atoms. The number of thioether (sulfide) groups is 1. The Morgan fingerprint density at radius 3 is 2.48 bits per heavy atom. The summed E-state index contributed by atoms with van der Waals surface area (Å²) in [4.78, 5) is 26.1. The highest BCUT2D eigenvalue weighted by atomic mass is 35.5. The number of nitrogens with zero attached hydrogens (tertiary/aromatic N) is 2. The molecule has 1 aromatic heterocycles. The zero-order valence-corrected chi connectivity index (χ0v) is 16.7. The number of anilines is 1. The molecule has 1 heterocycles. The summed E-state index contributed by atoms with van der Waals surface area (Å²) in [6.45, 7) is 1.81. The second-order valence-electron chi connectivity index (χ2n) is 6.01. The average molecular weight is 402 g/mol. The summed E-state index contributed by atoms with van der Waals surface area (Å²) in [5.41, 5.74) is 1.53. The highest BCUT2D eigenvalue weighted by molar-refractivity contribution is 7.99. The van der Waals surface area contributed by atoms with Gasteiger partial charge in [-0.15, -0.1) is 11.8 Å². The third-order valence-corrected chi connectivity index (χ3v) is 5.76. The maximum Gasteiger partial charge on any atom is 0.295 e. The van der Waals surface area contributed by atoms with Crippen LogP contribution in [0, 0.1) is 6.92 Å². The van der Waals surface area contributed by atoms with Crippen molar-refractivity contribution in [3.8, 4) is 5.69 Å². The molecule has 1 amide bonds. The van der Waals surface area contributed by atoms with Gasteiger partial charge in [0.2, 0.25) is 5.91 Å². The smallest absolute Gasteiger partial charge is 0.295 e. The molecule has 0 aliphatic carbocycles. The molecule has 7 heteroatoms. The predicted octanol–water partition coefficient (Wildman–Crippen LogP) is 4.26. The molecule has 1 N–H and O–H groups in total. The van der Waals surface area contributed by atoms with Gasteiger partial charge in [0.15, 0.2) is 0 Å². The summed E-state index contributed by atoms with van der Waals surface area (Å²) in [5, 5.41) is 3.44. The second-order valence-corrected chi connectivity index (χ2v) is 7.56. The lowest BCUT2D eigenvalue weighted by molar-refractivity contribution is -0.115. The molecule has 0 aliphatic rings. The molecule has 5 nitrogen and oxygen atoms in total. The number of amides is 1. The van der Waals surface area contributed by atoms with Crippen molar-refractivity contribution >= 4 is 35.0 Å². The highest BCUT2D eigenvalue weighted by Crippen LogP contribution is 2.27. The quantitative estimate of drug-likeness (QED) is 0.628. The lowest BCUT2D eigenvalue weighted by atomic mass is 10.3. The van der Waals surface area contributed by atoms with E-state index in [9.17, 15) is 9.59 Å². The van der Waals surface area contributed by atoms with Crippen LogP contribution in [0.2, 0.25) is 5.02 Å². The van der Waals surface area contributed by atoms with E-state index in [-0.39, 0.29) is 17.9 Å². The summed E-state index contributed by atoms with van der Waals surface area (Å²) in [7, 11) is 1.80. The molecule has 27 heavy (non-hydrogen) atoms. The molecule has 0 spiro atoms. The Labute approximate surface area is 166 Å².